The zero-order chi connectivity index (χ0) is 20.5. The summed E-state index contributed by atoms with van der Waals surface area (Å²) in [7, 11) is 0. The van der Waals surface area contributed by atoms with Gasteiger partial charge >= 0.3 is 5.97 Å². The minimum absolute atomic E-state index is 0.0376. The molecule has 1 aliphatic carbocycles. The fraction of sp³-hybridized carbons (Fsp3) is 0.727. The van der Waals surface area contributed by atoms with Crippen LogP contribution in [0.2, 0.25) is 0 Å². The molecule has 1 aromatic heterocycles. The Morgan fingerprint density at radius 1 is 1.18 bits per heavy atom. The molecule has 0 saturated carbocycles. The standard InChI is InChI=1S/C22H36N2O3S/c1-5-8-12-24(13-9-6-2)15-19(25)23-21-20(22(26)27-7-3)17-11-10-16(4)14-18(17)28-21/h16H,5-15H2,1-4H3,(H,23,25)/t16-/m1/s1. The lowest BCUT2D eigenvalue weighted by Crippen LogP contribution is -2.34. The van der Waals surface area contributed by atoms with Gasteiger partial charge in [0.05, 0.1) is 18.7 Å². The zero-order valence-corrected chi connectivity index (χ0v) is 18.8. The second-order valence-electron chi connectivity index (χ2n) is 7.81. The number of carbonyl (C=O) groups excluding carboxylic acids is 2. The lowest BCUT2D eigenvalue weighted by molar-refractivity contribution is -0.117. The van der Waals surface area contributed by atoms with Gasteiger partial charge in [0.2, 0.25) is 5.91 Å². The van der Waals surface area contributed by atoms with Crippen molar-refractivity contribution < 1.29 is 14.3 Å². The molecule has 28 heavy (non-hydrogen) atoms. The number of esters is 1. The van der Waals surface area contributed by atoms with Crippen LogP contribution in [0, 0.1) is 5.92 Å². The summed E-state index contributed by atoms with van der Waals surface area (Å²) >= 11 is 1.56. The number of nitrogens with one attached hydrogen (secondary N) is 1. The van der Waals surface area contributed by atoms with E-state index in [1.165, 1.54) is 4.88 Å². The average molecular weight is 409 g/mol. The molecule has 2 rings (SSSR count). The summed E-state index contributed by atoms with van der Waals surface area (Å²) in [6, 6.07) is 0. The van der Waals surface area contributed by atoms with Gasteiger partial charge in [0.25, 0.3) is 0 Å². The van der Waals surface area contributed by atoms with Crippen LogP contribution in [-0.2, 0) is 22.4 Å². The second-order valence-corrected chi connectivity index (χ2v) is 8.91. The quantitative estimate of drug-likeness (QED) is 0.530. The van der Waals surface area contributed by atoms with Gasteiger partial charge in [-0.15, -0.1) is 11.3 Å². The number of rotatable bonds is 11. The van der Waals surface area contributed by atoms with Crippen LogP contribution in [0.4, 0.5) is 5.00 Å². The SMILES string of the molecule is CCCCN(CCCC)CC(=O)Nc1sc2c(c1C(=O)OCC)CC[C@@H](C)C2. The van der Waals surface area contributed by atoms with Gasteiger partial charge in [-0.1, -0.05) is 33.6 Å². The third-order valence-corrected chi connectivity index (χ3v) is 6.44. The van der Waals surface area contributed by atoms with Crippen molar-refractivity contribution >= 4 is 28.2 Å². The van der Waals surface area contributed by atoms with Crippen molar-refractivity contribution in [3.8, 4) is 0 Å². The van der Waals surface area contributed by atoms with Crippen LogP contribution in [0.5, 0.6) is 0 Å². The molecule has 0 spiro atoms. The van der Waals surface area contributed by atoms with E-state index >= 15 is 0 Å². The largest absolute Gasteiger partial charge is 0.462 e. The highest BCUT2D eigenvalue weighted by molar-refractivity contribution is 7.17. The van der Waals surface area contributed by atoms with Gasteiger partial charge in [-0.2, -0.15) is 0 Å². The van der Waals surface area contributed by atoms with Gasteiger partial charge in [-0.05, 0) is 63.6 Å². The van der Waals surface area contributed by atoms with Crippen molar-refractivity contribution in [1.82, 2.24) is 4.90 Å². The molecular weight excluding hydrogens is 372 g/mol. The maximum absolute atomic E-state index is 12.8. The van der Waals surface area contributed by atoms with Crippen LogP contribution < -0.4 is 5.32 Å². The lowest BCUT2D eigenvalue weighted by atomic mass is 9.88. The van der Waals surface area contributed by atoms with Crippen LogP contribution in [-0.4, -0.2) is 43.0 Å². The van der Waals surface area contributed by atoms with E-state index in [1.807, 2.05) is 6.92 Å². The number of ether oxygens (including phenoxy) is 1. The molecular formula is C22H36N2O3S. The van der Waals surface area contributed by atoms with E-state index in [2.05, 4.69) is 31.0 Å². The molecule has 0 aromatic carbocycles. The summed E-state index contributed by atoms with van der Waals surface area (Å²) in [5.41, 5.74) is 1.68. The maximum atomic E-state index is 12.8. The van der Waals surface area contributed by atoms with Crippen LogP contribution in [0.25, 0.3) is 0 Å². The minimum Gasteiger partial charge on any atom is -0.462 e. The Kier molecular flexibility index (Phi) is 9.45. The molecule has 6 heteroatoms. The molecule has 0 bridgehead atoms. The topological polar surface area (TPSA) is 58.6 Å². The van der Waals surface area contributed by atoms with Gasteiger partial charge in [0.1, 0.15) is 5.00 Å². The molecule has 1 N–H and O–H groups in total. The Bertz CT molecular complexity index is 648. The molecule has 0 aliphatic heterocycles. The number of thiophene rings is 1. The van der Waals surface area contributed by atoms with E-state index < -0.39 is 0 Å². The molecule has 0 unspecified atom stereocenters. The summed E-state index contributed by atoms with van der Waals surface area (Å²) in [5.74, 6) is 0.270. The zero-order valence-electron chi connectivity index (χ0n) is 17.9. The second kappa shape index (κ2) is 11.6. The highest BCUT2D eigenvalue weighted by Crippen LogP contribution is 2.40. The lowest BCUT2D eigenvalue weighted by Gasteiger charge is -2.21. The Balaban J connectivity index is 2.14. The molecule has 1 amide bonds. The van der Waals surface area contributed by atoms with Gasteiger partial charge in [-0.25, -0.2) is 4.79 Å². The first kappa shape index (κ1) is 22.9. The Morgan fingerprint density at radius 3 is 2.46 bits per heavy atom. The smallest absolute Gasteiger partial charge is 0.341 e. The summed E-state index contributed by atoms with van der Waals surface area (Å²) in [6.07, 6.45) is 7.36. The molecule has 158 valence electrons. The first-order chi connectivity index (χ1) is 13.5. The van der Waals surface area contributed by atoms with Crippen LogP contribution in [0.1, 0.15) is 80.6 Å². The average Bonchev–Trinajstić information content (AvgIpc) is 3.00. The van der Waals surface area contributed by atoms with Crippen molar-refractivity contribution in [1.29, 1.82) is 0 Å². The fourth-order valence-corrected chi connectivity index (χ4v) is 5.08. The molecule has 1 aliphatic rings. The van der Waals surface area contributed by atoms with Gasteiger partial charge in [0, 0.05) is 4.88 Å². The maximum Gasteiger partial charge on any atom is 0.341 e. The first-order valence-corrected chi connectivity index (χ1v) is 11.7. The van der Waals surface area contributed by atoms with Crippen molar-refractivity contribution in [2.75, 3.05) is 31.6 Å². The number of fused-ring (bicyclic) bond motifs is 1. The van der Waals surface area contributed by atoms with E-state index in [-0.39, 0.29) is 11.9 Å². The first-order valence-electron chi connectivity index (χ1n) is 10.8. The fourth-order valence-electron chi connectivity index (χ4n) is 3.66. The molecule has 1 heterocycles. The van der Waals surface area contributed by atoms with Crippen molar-refractivity contribution in [2.24, 2.45) is 5.92 Å². The van der Waals surface area contributed by atoms with Gasteiger partial charge in [-0.3, -0.25) is 9.69 Å². The summed E-state index contributed by atoms with van der Waals surface area (Å²) in [4.78, 5) is 28.8. The van der Waals surface area contributed by atoms with Crippen LogP contribution in [0.3, 0.4) is 0 Å². The molecule has 1 aromatic rings. The van der Waals surface area contributed by atoms with Crippen molar-refractivity contribution in [3.63, 3.8) is 0 Å². The molecule has 0 saturated heterocycles. The van der Waals surface area contributed by atoms with E-state index in [0.717, 1.165) is 63.6 Å². The number of nitrogens with zero attached hydrogens (tertiary/aromatic N) is 1. The molecule has 5 nitrogen and oxygen atoms in total. The van der Waals surface area contributed by atoms with E-state index in [0.29, 0.717) is 29.6 Å². The number of amides is 1. The van der Waals surface area contributed by atoms with Crippen LogP contribution >= 0.6 is 11.3 Å². The van der Waals surface area contributed by atoms with E-state index in [4.69, 9.17) is 4.74 Å². The predicted octanol–water partition coefficient (Wildman–Crippen LogP) is 4.89. The number of unbranched alkanes of at least 4 members (excludes halogenated alkanes) is 2. The Hall–Kier alpha value is -1.40. The van der Waals surface area contributed by atoms with Crippen molar-refractivity contribution in [2.45, 2.75) is 72.6 Å². The number of hydrogen-bond acceptors (Lipinski definition) is 5. The number of anilines is 1. The minimum atomic E-state index is -0.307. The highest BCUT2D eigenvalue weighted by atomic mass is 32.1. The third kappa shape index (κ3) is 6.31. The van der Waals surface area contributed by atoms with E-state index in [9.17, 15) is 9.59 Å². The Labute approximate surface area is 173 Å². The highest BCUT2D eigenvalue weighted by Gasteiger charge is 2.29. The molecule has 0 fully saturated rings. The molecule has 1 atom stereocenters. The van der Waals surface area contributed by atoms with Crippen LogP contribution in [0.15, 0.2) is 0 Å². The Morgan fingerprint density at radius 2 is 1.86 bits per heavy atom. The number of hydrogen-bond donors (Lipinski definition) is 1. The summed E-state index contributed by atoms with van der Waals surface area (Å²) in [5, 5.41) is 3.72. The van der Waals surface area contributed by atoms with Gasteiger partial charge < -0.3 is 10.1 Å². The van der Waals surface area contributed by atoms with Gasteiger partial charge in [0.15, 0.2) is 0 Å². The third-order valence-electron chi connectivity index (χ3n) is 5.27. The van der Waals surface area contributed by atoms with Crippen molar-refractivity contribution in [3.05, 3.63) is 16.0 Å². The summed E-state index contributed by atoms with van der Waals surface area (Å²) < 4.78 is 5.29. The monoisotopic (exact) mass is 408 g/mol. The predicted molar refractivity (Wildman–Crippen MR) is 116 cm³/mol. The number of carbonyl (C=O) groups is 2. The molecule has 0 radical (unpaired) electrons. The van der Waals surface area contributed by atoms with E-state index in [1.54, 1.807) is 11.3 Å². The normalized spacial score (nSPS) is 16.1. The summed E-state index contributed by atoms with van der Waals surface area (Å²) in [6.45, 7) is 11.0.